The van der Waals surface area contributed by atoms with Crippen LogP contribution in [0.15, 0.2) is 41.2 Å². The molecule has 1 atom stereocenters. The van der Waals surface area contributed by atoms with E-state index in [0.29, 0.717) is 37.6 Å². The molecule has 2 aliphatic rings. The molecule has 0 radical (unpaired) electrons. The maximum Gasteiger partial charge on any atom is 0.326 e. The van der Waals surface area contributed by atoms with E-state index in [1.807, 2.05) is 26.3 Å². The fourth-order valence-electron chi connectivity index (χ4n) is 6.51. The molecule has 6 rings (SSSR count). The number of halogens is 2. The number of β-amino-alcohol motifs (C(OH)–C–C–N with tert-alkyl or cyclic N) is 1. The number of hydrogen-bond acceptors (Lipinski definition) is 5. The van der Waals surface area contributed by atoms with Gasteiger partial charge in [-0.1, -0.05) is 46.3 Å². The number of aliphatic hydroxyl groups excluding tert-OH is 1. The molecule has 0 saturated carbocycles. The summed E-state index contributed by atoms with van der Waals surface area (Å²) in [5, 5.41) is 16.8. The van der Waals surface area contributed by atoms with Gasteiger partial charge in [0.25, 0.3) is 0 Å². The lowest BCUT2D eigenvalue weighted by molar-refractivity contribution is -0.129. The van der Waals surface area contributed by atoms with E-state index < -0.39 is 6.10 Å². The molecule has 2 aliphatic heterocycles. The van der Waals surface area contributed by atoms with Crippen molar-refractivity contribution >= 4 is 51.1 Å². The average molecular weight is 703 g/mol. The van der Waals surface area contributed by atoms with Gasteiger partial charge in [0.15, 0.2) is 0 Å². The number of nitrogens with one attached hydrogen (secondary N) is 1. The van der Waals surface area contributed by atoms with E-state index in [9.17, 15) is 14.7 Å². The minimum atomic E-state index is -0.595. The number of carbonyl (C=O) groups excluding carboxylic acids is 1. The van der Waals surface area contributed by atoms with Gasteiger partial charge < -0.3 is 19.9 Å². The summed E-state index contributed by atoms with van der Waals surface area (Å²) in [5.41, 5.74) is 8.19. The van der Waals surface area contributed by atoms with E-state index in [2.05, 4.69) is 57.6 Å². The molecular weight excluding hydrogens is 667 g/mol. The van der Waals surface area contributed by atoms with Crippen LogP contribution in [-0.4, -0.2) is 72.4 Å². The zero-order chi connectivity index (χ0) is 29.5. The number of piperidine rings is 1. The van der Waals surface area contributed by atoms with Crippen molar-refractivity contribution in [1.29, 1.82) is 0 Å². The molecule has 11 heteroatoms. The molecule has 2 N–H and O–H groups in total. The molecule has 2 aromatic carbocycles. The Balaban J connectivity index is 1.16. The molecule has 4 heterocycles. The number of fused-ring (bicyclic) bond motifs is 2. The summed E-state index contributed by atoms with van der Waals surface area (Å²) in [7, 11) is 0. The molecule has 0 unspecified atom stereocenters. The van der Waals surface area contributed by atoms with Gasteiger partial charge in [-0.25, -0.2) is 4.79 Å². The number of benzene rings is 2. The predicted molar refractivity (Wildman–Crippen MR) is 173 cm³/mol. The first kappa shape index (κ1) is 29.4. The SMILES string of the molecule is CC(=O)N1CCc2c(c(-c3ccc(CI)c(C)c3)nn2C[C@@H](O)CN2CCC(n3c(=O)[nH]c4ccc(Cl)cc43)CC2)C1. The van der Waals surface area contributed by atoms with E-state index in [1.165, 1.54) is 11.1 Å². The molecule has 2 aromatic heterocycles. The van der Waals surface area contributed by atoms with Crippen LogP contribution in [0.25, 0.3) is 22.3 Å². The summed E-state index contributed by atoms with van der Waals surface area (Å²) in [6.45, 7) is 7.45. The normalized spacial score (nSPS) is 17.1. The van der Waals surface area contributed by atoms with Crippen LogP contribution in [0.5, 0.6) is 0 Å². The fourth-order valence-corrected chi connectivity index (χ4v) is 7.53. The lowest BCUT2D eigenvalue weighted by Crippen LogP contribution is -2.42. The number of nitrogens with zero attached hydrogens (tertiary/aromatic N) is 5. The van der Waals surface area contributed by atoms with E-state index >= 15 is 0 Å². The minimum absolute atomic E-state index is 0.0669. The van der Waals surface area contributed by atoms with Crippen LogP contribution in [0, 0.1) is 6.92 Å². The Morgan fingerprint density at radius 2 is 1.95 bits per heavy atom. The average Bonchev–Trinajstić information content (AvgIpc) is 3.49. The molecule has 1 saturated heterocycles. The van der Waals surface area contributed by atoms with Gasteiger partial charge in [0.2, 0.25) is 5.91 Å². The quantitative estimate of drug-likeness (QED) is 0.215. The Morgan fingerprint density at radius 3 is 2.67 bits per heavy atom. The Labute approximate surface area is 263 Å². The van der Waals surface area contributed by atoms with Crippen molar-refractivity contribution in [3.8, 4) is 11.3 Å². The number of H-pyrrole nitrogens is 1. The first-order valence-corrected chi connectivity index (χ1v) is 16.4. The highest BCUT2D eigenvalue weighted by Crippen LogP contribution is 2.32. The van der Waals surface area contributed by atoms with Crippen molar-refractivity contribution in [3.05, 3.63) is 74.3 Å². The number of aromatic nitrogens is 4. The Kier molecular flexibility index (Phi) is 8.50. The number of aliphatic hydroxyl groups is 1. The monoisotopic (exact) mass is 702 g/mol. The predicted octanol–water partition coefficient (Wildman–Crippen LogP) is 4.69. The summed E-state index contributed by atoms with van der Waals surface area (Å²) >= 11 is 8.60. The third-order valence-electron chi connectivity index (χ3n) is 8.79. The molecule has 0 spiro atoms. The van der Waals surface area contributed by atoms with E-state index in [1.54, 1.807) is 13.0 Å². The van der Waals surface area contributed by atoms with Crippen molar-refractivity contribution < 1.29 is 9.90 Å². The van der Waals surface area contributed by atoms with Crippen LogP contribution < -0.4 is 5.69 Å². The van der Waals surface area contributed by atoms with Crippen LogP contribution in [0.1, 0.15) is 48.2 Å². The summed E-state index contributed by atoms with van der Waals surface area (Å²) in [5.74, 6) is 0.0669. The number of aryl methyl sites for hydroxylation is 1. The van der Waals surface area contributed by atoms with Gasteiger partial charge in [-0.15, -0.1) is 0 Å². The maximum absolute atomic E-state index is 12.7. The van der Waals surface area contributed by atoms with Gasteiger partial charge in [-0.3, -0.25) is 14.0 Å². The summed E-state index contributed by atoms with van der Waals surface area (Å²) in [6, 6.07) is 12.0. The van der Waals surface area contributed by atoms with Crippen LogP contribution in [0.4, 0.5) is 0 Å². The second kappa shape index (κ2) is 12.1. The van der Waals surface area contributed by atoms with Crippen LogP contribution in [0.3, 0.4) is 0 Å². The molecule has 1 amide bonds. The molecule has 42 heavy (non-hydrogen) atoms. The molecule has 0 aliphatic carbocycles. The number of imidazole rings is 1. The fraction of sp³-hybridized carbons (Fsp3) is 0.452. The molecule has 222 valence electrons. The molecular formula is C31H36ClIN6O3. The summed E-state index contributed by atoms with van der Waals surface area (Å²) in [4.78, 5) is 32.0. The topological polar surface area (TPSA) is 99.4 Å². The maximum atomic E-state index is 12.7. The van der Waals surface area contributed by atoms with Gasteiger partial charge in [0.05, 0.1) is 29.4 Å². The van der Waals surface area contributed by atoms with Crippen molar-refractivity contribution in [2.75, 3.05) is 26.2 Å². The number of aromatic amines is 1. The number of hydrogen-bond donors (Lipinski definition) is 2. The zero-order valence-electron chi connectivity index (χ0n) is 23.9. The number of carbonyl (C=O) groups is 1. The standard InChI is InChI=1S/C31H36ClIN6O3/c1-19-13-21(3-4-22(19)15-33)30-26-18-37(20(2)40)12-9-28(26)38(35-30)17-25(41)16-36-10-7-24(8-11-36)39-29-14-23(32)5-6-27(29)34-31(39)42/h3-6,13-14,24-25,41H,7-12,15-18H2,1-2H3,(H,34,42)/t25-/m0/s1. The lowest BCUT2D eigenvalue weighted by atomic mass is 9.98. The number of likely N-dealkylation sites (tertiary alicyclic amines) is 1. The molecule has 1 fully saturated rings. The Hall–Kier alpha value is -2.67. The smallest absolute Gasteiger partial charge is 0.326 e. The second-order valence-corrected chi connectivity index (χ2v) is 12.8. The van der Waals surface area contributed by atoms with Gasteiger partial charge in [-0.2, -0.15) is 5.10 Å². The number of rotatable bonds is 7. The molecule has 0 bridgehead atoms. The van der Waals surface area contributed by atoms with Crippen molar-refractivity contribution in [1.82, 2.24) is 29.1 Å². The third-order valence-corrected chi connectivity index (χ3v) is 9.85. The lowest BCUT2D eigenvalue weighted by Gasteiger charge is -2.33. The highest BCUT2D eigenvalue weighted by Gasteiger charge is 2.29. The third kappa shape index (κ3) is 5.78. The van der Waals surface area contributed by atoms with Crippen LogP contribution >= 0.6 is 34.2 Å². The van der Waals surface area contributed by atoms with Crippen LogP contribution in [-0.2, 0) is 28.7 Å². The summed E-state index contributed by atoms with van der Waals surface area (Å²) < 4.78 is 4.76. The van der Waals surface area contributed by atoms with Crippen LogP contribution in [0.2, 0.25) is 5.02 Å². The van der Waals surface area contributed by atoms with E-state index in [-0.39, 0.29) is 17.6 Å². The first-order chi connectivity index (χ1) is 20.2. The first-order valence-electron chi connectivity index (χ1n) is 14.5. The number of amides is 1. The van der Waals surface area contributed by atoms with Gasteiger partial charge >= 0.3 is 5.69 Å². The zero-order valence-corrected chi connectivity index (χ0v) is 26.9. The Bertz CT molecular complexity index is 1690. The molecule has 4 aromatic rings. The van der Waals surface area contributed by atoms with Crippen molar-refractivity contribution in [3.63, 3.8) is 0 Å². The largest absolute Gasteiger partial charge is 0.390 e. The highest BCUT2D eigenvalue weighted by molar-refractivity contribution is 14.1. The van der Waals surface area contributed by atoms with Crippen molar-refractivity contribution in [2.45, 2.75) is 62.8 Å². The Morgan fingerprint density at radius 1 is 1.17 bits per heavy atom. The number of alkyl halides is 1. The second-order valence-electron chi connectivity index (χ2n) is 11.6. The van der Waals surface area contributed by atoms with Gasteiger partial charge in [0, 0.05) is 78.4 Å². The molecule has 9 nitrogen and oxygen atoms in total. The van der Waals surface area contributed by atoms with Gasteiger partial charge in [-0.05, 0) is 55.2 Å². The minimum Gasteiger partial charge on any atom is -0.390 e. The van der Waals surface area contributed by atoms with Gasteiger partial charge in [0.1, 0.15) is 0 Å². The highest BCUT2D eigenvalue weighted by atomic mass is 127. The van der Waals surface area contributed by atoms with Crippen molar-refractivity contribution in [2.24, 2.45) is 0 Å². The summed E-state index contributed by atoms with van der Waals surface area (Å²) in [6.07, 6.45) is 1.76. The van der Waals surface area contributed by atoms with E-state index in [0.717, 1.165) is 63.9 Å². The van der Waals surface area contributed by atoms with E-state index in [4.69, 9.17) is 16.7 Å².